The number of methoxy groups -OCH3 is 1. The standard InChI is InChI=1S/C15H32N4O/c1-19(12-13-20-2)11-7-10-17-15(16)18-14-8-5-3-4-6-9-14/h14H,3-13H2,1-2H3,(H3,16,17,18). The van der Waals surface area contributed by atoms with E-state index in [1.165, 1.54) is 38.5 Å². The first-order chi connectivity index (χ1) is 9.72. The third-order valence-electron chi connectivity index (χ3n) is 3.86. The molecule has 1 fully saturated rings. The average Bonchev–Trinajstić information content (AvgIpc) is 2.70. The van der Waals surface area contributed by atoms with Gasteiger partial charge in [-0.3, -0.25) is 4.99 Å². The molecule has 0 radical (unpaired) electrons. The van der Waals surface area contributed by atoms with Crippen LogP contribution in [0.25, 0.3) is 0 Å². The van der Waals surface area contributed by atoms with Crippen LogP contribution in [-0.2, 0) is 4.74 Å². The Morgan fingerprint density at radius 1 is 1.25 bits per heavy atom. The Kier molecular flexibility index (Phi) is 9.41. The summed E-state index contributed by atoms with van der Waals surface area (Å²) in [5.74, 6) is 0.622. The van der Waals surface area contributed by atoms with Crippen molar-refractivity contribution in [3.63, 3.8) is 0 Å². The van der Waals surface area contributed by atoms with Crippen LogP contribution in [0.15, 0.2) is 4.99 Å². The molecule has 0 spiro atoms. The summed E-state index contributed by atoms with van der Waals surface area (Å²) in [6, 6.07) is 0.533. The topological polar surface area (TPSA) is 62.9 Å². The first-order valence-corrected chi connectivity index (χ1v) is 7.96. The van der Waals surface area contributed by atoms with Crippen LogP contribution in [0.2, 0.25) is 0 Å². The summed E-state index contributed by atoms with van der Waals surface area (Å²) in [6.07, 6.45) is 8.86. The predicted octanol–water partition coefficient (Wildman–Crippen LogP) is 1.58. The van der Waals surface area contributed by atoms with Gasteiger partial charge in [0.05, 0.1) is 6.61 Å². The molecular formula is C15H32N4O. The highest BCUT2D eigenvalue weighted by atomic mass is 16.5. The summed E-state index contributed by atoms with van der Waals surface area (Å²) in [7, 11) is 3.84. The Balaban J connectivity index is 2.11. The quantitative estimate of drug-likeness (QED) is 0.307. The molecule has 1 saturated carbocycles. The maximum Gasteiger partial charge on any atom is 0.188 e. The van der Waals surface area contributed by atoms with E-state index in [0.29, 0.717) is 12.0 Å². The summed E-state index contributed by atoms with van der Waals surface area (Å²) in [5, 5.41) is 3.38. The van der Waals surface area contributed by atoms with Crippen LogP contribution in [0.3, 0.4) is 0 Å². The van der Waals surface area contributed by atoms with Gasteiger partial charge < -0.3 is 20.7 Å². The fourth-order valence-corrected chi connectivity index (χ4v) is 2.58. The Morgan fingerprint density at radius 3 is 2.60 bits per heavy atom. The highest BCUT2D eigenvalue weighted by molar-refractivity contribution is 5.78. The Morgan fingerprint density at radius 2 is 1.95 bits per heavy atom. The lowest BCUT2D eigenvalue weighted by atomic mass is 10.1. The van der Waals surface area contributed by atoms with Gasteiger partial charge in [-0.25, -0.2) is 0 Å². The van der Waals surface area contributed by atoms with E-state index < -0.39 is 0 Å². The molecule has 3 N–H and O–H groups in total. The van der Waals surface area contributed by atoms with E-state index in [-0.39, 0.29) is 0 Å². The van der Waals surface area contributed by atoms with Crippen molar-refractivity contribution in [3.8, 4) is 0 Å². The molecule has 0 atom stereocenters. The molecule has 0 aliphatic heterocycles. The van der Waals surface area contributed by atoms with Gasteiger partial charge in [0.15, 0.2) is 5.96 Å². The minimum atomic E-state index is 0.533. The molecule has 5 heteroatoms. The predicted molar refractivity (Wildman–Crippen MR) is 85.1 cm³/mol. The molecule has 0 amide bonds. The minimum absolute atomic E-state index is 0.533. The van der Waals surface area contributed by atoms with Crippen molar-refractivity contribution in [3.05, 3.63) is 0 Å². The number of nitrogens with one attached hydrogen (secondary N) is 1. The average molecular weight is 284 g/mol. The molecule has 118 valence electrons. The van der Waals surface area contributed by atoms with Crippen LogP contribution in [0.4, 0.5) is 0 Å². The van der Waals surface area contributed by atoms with Crippen molar-refractivity contribution in [2.24, 2.45) is 10.7 Å². The maximum atomic E-state index is 5.96. The lowest BCUT2D eigenvalue weighted by molar-refractivity contribution is 0.161. The van der Waals surface area contributed by atoms with Crippen LogP contribution in [0.5, 0.6) is 0 Å². The zero-order valence-electron chi connectivity index (χ0n) is 13.2. The van der Waals surface area contributed by atoms with Crippen molar-refractivity contribution in [1.82, 2.24) is 10.2 Å². The molecule has 20 heavy (non-hydrogen) atoms. The van der Waals surface area contributed by atoms with Crippen molar-refractivity contribution in [2.75, 3.05) is 40.4 Å². The SMILES string of the molecule is COCCN(C)CCCN=C(N)NC1CCCCCC1. The number of nitrogens with two attached hydrogens (primary N) is 1. The van der Waals surface area contributed by atoms with Gasteiger partial charge in [-0.15, -0.1) is 0 Å². The molecule has 0 aromatic rings. The van der Waals surface area contributed by atoms with E-state index in [1.807, 2.05) is 0 Å². The van der Waals surface area contributed by atoms with Gasteiger partial charge >= 0.3 is 0 Å². The van der Waals surface area contributed by atoms with E-state index in [9.17, 15) is 0 Å². The minimum Gasteiger partial charge on any atom is -0.383 e. The van der Waals surface area contributed by atoms with Gasteiger partial charge in [-0.2, -0.15) is 0 Å². The lowest BCUT2D eigenvalue weighted by Crippen LogP contribution is -2.40. The van der Waals surface area contributed by atoms with E-state index in [0.717, 1.165) is 32.7 Å². The smallest absolute Gasteiger partial charge is 0.188 e. The molecule has 0 saturated heterocycles. The second-order valence-corrected chi connectivity index (χ2v) is 5.75. The van der Waals surface area contributed by atoms with Crippen LogP contribution in [0.1, 0.15) is 44.9 Å². The number of guanidine groups is 1. The third kappa shape index (κ3) is 8.38. The third-order valence-corrected chi connectivity index (χ3v) is 3.86. The molecule has 1 aliphatic rings. The molecule has 1 rings (SSSR count). The van der Waals surface area contributed by atoms with Crippen molar-refractivity contribution in [1.29, 1.82) is 0 Å². The molecule has 0 bridgehead atoms. The highest BCUT2D eigenvalue weighted by Crippen LogP contribution is 2.16. The van der Waals surface area contributed by atoms with E-state index >= 15 is 0 Å². The summed E-state index contributed by atoms with van der Waals surface area (Å²) >= 11 is 0. The van der Waals surface area contributed by atoms with Crippen LogP contribution in [0, 0.1) is 0 Å². The Labute approximate surface area is 124 Å². The molecule has 0 aromatic heterocycles. The van der Waals surface area contributed by atoms with E-state index in [2.05, 4.69) is 22.3 Å². The van der Waals surface area contributed by atoms with Crippen molar-refractivity contribution >= 4 is 5.96 Å². The van der Waals surface area contributed by atoms with Gasteiger partial charge in [-0.05, 0) is 32.9 Å². The van der Waals surface area contributed by atoms with Crippen LogP contribution < -0.4 is 11.1 Å². The molecule has 1 aliphatic carbocycles. The normalized spacial score (nSPS) is 18.2. The van der Waals surface area contributed by atoms with E-state index in [4.69, 9.17) is 10.5 Å². The summed E-state index contributed by atoms with van der Waals surface area (Å²) < 4.78 is 5.05. The van der Waals surface area contributed by atoms with Crippen molar-refractivity contribution in [2.45, 2.75) is 51.0 Å². The van der Waals surface area contributed by atoms with Gasteiger partial charge in [0, 0.05) is 26.2 Å². The molecule has 5 nitrogen and oxygen atoms in total. The summed E-state index contributed by atoms with van der Waals surface area (Å²) in [4.78, 5) is 6.68. The second kappa shape index (κ2) is 10.9. The number of rotatable bonds is 8. The molecule has 0 unspecified atom stereocenters. The number of aliphatic imine (C=N–C) groups is 1. The zero-order chi connectivity index (χ0) is 14.6. The Hall–Kier alpha value is -0.810. The second-order valence-electron chi connectivity index (χ2n) is 5.75. The summed E-state index contributed by atoms with van der Waals surface area (Å²) in [5.41, 5.74) is 5.96. The number of nitrogens with zero attached hydrogens (tertiary/aromatic N) is 2. The first kappa shape index (κ1) is 17.2. The first-order valence-electron chi connectivity index (χ1n) is 7.96. The fraction of sp³-hybridized carbons (Fsp3) is 0.933. The fourth-order valence-electron chi connectivity index (χ4n) is 2.58. The largest absolute Gasteiger partial charge is 0.383 e. The molecule has 0 heterocycles. The van der Waals surface area contributed by atoms with Crippen LogP contribution >= 0.6 is 0 Å². The zero-order valence-corrected chi connectivity index (χ0v) is 13.2. The Bertz CT molecular complexity index is 263. The van der Waals surface area contributed by atoms with Gasteiger partial charge in [-0.1, -0.05) is 25.7 Å². The summed E-state index contributed by atoms with van der Waals surface area (Å²) in [6.45, 7) is 3.58. The van der Waals surface area contributed by atoms with Gasteiger partial charge in [0.2, 0.25) is 0 Å². The van der Waals surface area contributed by atoms with Crippen LogP contribution in [-0.4, -0.2) is 57.3 Å². The molecular weight excluding hydrogens is 252 g/mol. The number of hydrogen-bond donors (Lipinski definition) is 2. The maximum absolute atomic E-state index is 5.96. The number of likely N-dealkylation sites (N-methyl/N-ethyl adjacent to an activating group) is 1. The van der Waals surface area contributed by atoms with Gasteiger partial charge in [0.25, 0.3) is 0 Å². The van der Waals surface area contributed by atoms with Crippen molar-refractivity contribution < 1.29 is 4.74 Å². The lowest BCUT2D eigenvalue weighted by Gasteiger charge is -2.17. The van der Waals surface area contributed by atoms with Gasteiger partial charge in [0.1, 0.15) is 0 Å². The van der Waals surface area contributed by atoms with E-state index in [1.54, 1.807) is 7.11 Å². The monoisotopic (exact) mass is 284 g/mol. The highest BCUT2D eigenvalue weighted by Gasteiger charge is 2.11. The number of hydrogen-bond acceptors (Lipinski definition) is 3. The molecule has 0 aromatic carbocycles. The number of ether oxygens (including phenoxy) is 1.